The summed E-state index contributed by atoms with van der Waals surface area (Å²) in [6.07, 6.45) is 4.07. The molecule has 0 aromatic carbocycles. The molecule has 1 atom stereocenters. The zero-order valence-corrected chi connectivity index (χ0v) is 12.9. The topological polar surface area (TPSA) is 31.4 Å². The van der Waals surface area contributed by atoms with E-state index in [1.165, 1.54) is 56.0 Å². The second-order valence-electron chi connectivity index (χ2n) is 6.40. The third-order valence-corrected chi connectivity index (χ3v) is 5.75. The molecule has 1 aliphatic carbocycles. The van der Waals surface area contributed by atoms with Crippen LogP contribution >= 0.6 is 11.3 Å². The van der Waals surface area contributed by atoms with E-state index < -0.39 is 0 Å². The average molecular weight is 292 g/mol. The lowest BCUT2D eigenvalue weighted by Crippen LogP contribution is -2.49. The molecular weight excluding hydrogens is 268 g/mol. The van der Waals surface area contributed by atoms with Crippen LogP contribution in [-0.4, -0.2) is 60.1 Å². The maximum Gasteiger partial charge on any atom is 0.0798 e. The Morgan fingerprint density at radius 3 is 2.85 bits per heavy atom. The minimum absolute atomic E-state index is 0.786. The summed E-state index contributed by atoms with van der Waals surface area (Å²) < 4.78 is 0. The summed E-state index contributed by atoms with van der Waals surface area (Å²) in [6.45, 7) is 8.44. The molecule has 110 valence electrons. The fraction of sp³-hybridized carbons (Fsp3) is 0.800. The zero-order chi connectivity index (χ0) is 13.4. The third-order valence-electron chi connectivity index (χ3n) is 4.92. The predicted molar refractivity (Wildman–Crippen MR) is 82.2 cm³/mol. The highest BCUT2D eigenvalue weighted by molar-refractivity contribution is 7.09. The molecule has 1 N–H and O–H groups in total. The van der Waals surface area contributed by atoms with Crippen molar-refractivity contribution < 1.29 is 0 Å². The smallest absolute Gasteiger partial charge is 0.0798 e. The Morgan fingerprint density at radius 1 is 1.20 bits per heavy atom. The quantitative estimate of drug-likeness (QED) is 0.911. The van der Waals surface area contributed by atoms with Gasteiger partial charge >= 0.3 is 0 Å². The number of rotatable bonds is 4. The Kier molecular flexibility index (Phi) is 3.77. The van der Waals surface area contributed by atoms with E-state index in [9.17, 15) is 0 Å². The van der Waals surface area contributed by atoms with Crippen molar-refractivity contribution in [2.45, 2.75) is 37.8 Å². The number of thiazole rings is 1. The Labute approximate surface area is 125 Å². The Hall–Kier alpha value is -0.490. The van der Waals surface area contributed by atoms with E-state index in [-0.39, 0.29) is 0 Å². The second kappa shape index (κ2) is 5.72. The SMILES string of the molecule is c1nc(C2CC2)c(CN2CCC(N3CCNCC3)C2)s1. The largest absolute Gasteiger partial charge is 0.314 e. The van der Waals surface area contributed by atoms with E-state index in [1.807, 2.05) is 16.8 Å². The van der Waals surface area contributed by atoms with Crippen molar-refractivity contribution in [3.05, 3.63) is 16.1 Å². The number of likely N-dealkylation sites (tertiary alicyclic amines) is 1. The lowest BCUT2D eigenvalue weighted by Gasteiger charge is -2.32. The molecule has 3 aliphatic rings. The first-order valence-corrected chi connectivity index (χ1v) is 8.87. The minimum atomic E-state index is 0.786. The molecule has 4 nitrogen and oxygen atoms in total. The van der Waals surface area contributed by atoms with Crippen molar-refractivity contribution in [1.82, 2.24) is 20.1 Å². The average Bonchev–Trinajstić information content (AvgIpc) is 3.05. The number of hydrogen-bond acceptors (Lipinski definition) is 5. The van der Waals surface area contributed by atoms with Crippen molar-refractivity contribution in [1.29, 1.82) is 0 Å². The van der Waals surface area contributed by atoms with E-state index in [0.29, 0.717) is 0 Å². The summed E-state index contributed by atoms with van der Waals surface area (Å²) in [5, 5.41) is 3.45. The maximum absolute atomic E-state index is 4.60. The molecule has 4 rings (SSSR count). The maximum atomic E-state index is 4.60. The van der Waals surface area contributed by atoms with E-state index in [0.717, 1.165) is 31.6 Å². The molecule has 2 aliphatic heterocycles. The molecule has 1 saturated carbocycles. The van der Waals surface area contributed by atoms with E-state index >= 15 is 0 Å². The highest BCUT2D eigenvalue weighted by atomic mass is 32.1. The molecule has 0 radical (unpaired) electrons. The van der Waals surface area contributed by atoms with E-state index in [1.54, 1.807) is 0 Å². The molecule has 3 heterocycles. The van der Waals surface area contributed by atoms with Gasteiger partial charge in [-0.3, -0.25) is 9.80 Å². The summed E-state index contributed by atoms with van der Waals surface area (Å²) in [7, 11) is 0. The van der Waals surface area contributed by atoms with Crippen molar-refractivity contribution in [3.63, 3.8) is 0 Å². The standard InChI is InChI=1S/C15H24N4S/c1-2-12(1)15-14(20-11-17-15)10-18-6-3-13(9-18)19-7-4-16-5-8-19/h11-13,16H,1-10H2. The molecule has 0 bridgehead atoms. The summed E-state index contributed by atoms with van der Waals surface area (Å²) in [5.41, 5.74) is 3.47. The van der Waals surface area contributed by atoms with Gasteiger partial charge in [-0.25, -0.2) is 4.98 Å². The van der Waals surface area contributed by atoms with Gasteiger partial charge < -0.3 is 5.32 Å². The second-order valence-corrected chi connectivity index (χ2v) is 7.34. The van der Waals surface area contributed by atoms with Gasteiger partial charge in [0.2, 0.25) is 0 Å². The van der Waals surface area contributed by atoms with Gasteiger partial charge in [0.15, 0.2) is 0 Å². The summed E-state index contributed by atoms with van der Waals surface area (Å²) in [6, 6.07) is 0.786. The van der Waals surface area contributed by atoms with E-state index in [2.05, 4.69) is 20.1 Å². The first-order chi connectivity index (χ1) is 9.90. The monoisotopic (exact) mass is 292 g/mol. The lowest BCUT2D eigenvalue weighted by atomic mass is 10.2. The van der Waals surface area contributed by atoms with Crippen molar-refractivity contribution in [3.8, 4) is 0 Å². The van der Waals surface area contributed by atoms with Gasteiger partial charge in [-0.2, -0.15) is 0 Å². The number of nitrogens with one attached hydrogen (secondary N) is 1. The molecule has 3 fully saturated rings. The van der Waals surface area contributed by atoms with Crippen molar-refractivity contribution >= 4 is 11.3 Å². The Bertz CT molecular complexity index is 450. The normalized spacial score (nSPS) is 29.1. The van der Waals surface area contributed by atoms with Gasteiger partial charge in [0, 0.05) is 62.7 Å². The van der Waals surface area contributed by atoms with Gasteiger partial charge in [-0.15, -0.1) is 11.3 Å². The number of aromatic nitrogens is 1. The van der Waals surface area contributed by atoms with Gasteiger partial charge in [-0.05, 0) is 19.3 Å². The first kappa shape index (κ1) is 13.2. The zero-order valence-electron chi connectivity index (χ0n) is 12.1. The van der Waals surface area contributed by atoms with Gasteiger partial charge in [0.1, 0.15) is 0 Å². The van der Waals surface area contributed by atoms with Crippen LogP contribution in [0.1, 0.15) is 35.8 Å². The Morgan fingerprint density at radius 2 is 2.05 bits per heavy atom. The summed E-state index contributed by atoms with van der Waals surface area (Å²) in [4.78, 5) is 11.5. The molecule has 1 unspecified atom stereocenters. The van der Waals surface area contributed by atoms with E-state index in [4.69, 9.17) is 0 Å². The van der Waals surface area contributed by atoms with Crippen molar-refractivity contribution in [2.75, 3.05) is 39.3 Å². The molecule has 0 spiro atoms. The van der Waals surface area contributed by atoms with Crippen LogP contribution in [0.3, 0.4) is 0 Å². The molecule has 0 amide bonds. The van der Waals surface area contributed by atoms with Gasteiger partial charge in [-0.1, -0.05) is 0 Å². The number of nitrogens with zero attached hydrogens (tertiary/aromatic N) is 3. The molecule has 20 heavy (non-hydrogen) atoms. The van der Waals surface area contributed by atoms with Crippen LogP contribution in [0, 0.1) is 0 Å². The predicted octanol–water partition coefficient (Wildman–Crippen LogP) is 1.50. The van der Waals surface area contributed by atoms with Gasteiger partial charge in [0.25, 0.3) is 0 Å². The summed E-state index contributed by atoms with van der Waals surface area (Å²) in [5.74, 6) is 0.794. The van der Waals surface area contributed by atoms with Crippen LogP contribution in [0.5, 0.6) is 0 Å². The van der Waals surface area contributed by atoms with Gasteiger partial charge in [0.05, 0.1) is 11.2 Å². The Balaban J connectivity index is 1.35. The highest BCUT2D eigenvalue weighted by Crippen LogP contribution is 2.42. The molecule has 5 heteroatoms. The minimum Gasteiger partial charge on any atom is -0.314 e. The number of hydrogen-bond donors (Lipinski definition) is 1. The van der Waals surface area contributed by atoms with Crippen LogP contribution in [0.15, 0.2) is 5.51 Å². The van der Waals surface area contributed by atoms with Crippen LogP contribution < -0.4 is 5.32 Å². The third kappa shape index (κ3) is 2.77. The lowest BCUT2D eigenvalue weighted by molar-refractivity contribution is 0.170. The fourth-order valence-electron chi connectivity index (χ4n) is 3.59. The first-order valence-electron chi connectivity index (χ1n) is 7.99. The van der Waals surface area contributed by atoms with Crippen molar-refractivity contribution in [2.24, 2.45) is 0 Å². The van der Waals surface area contributed by atoms with Crippen LogP contribution in [-0.2, 0) is 6.54 Å². The highest BCUT2D eigenvalue weighted by Gasteiger charge is 2.31. The number of piperazine rings is 1. The molecular formula is C15H24N4S. The summed E-state index contributed by atoms with van der Waals surface area (Å²) >= 11 is 1.87. The van der Waals surface area contributed by atoms with Crippen LogP contribution in [0.25, 0.3) is 0 Å². The fourth-order valence-corrected chi connectivity index (χ4v) is 4.48. The molecule has 2 saturated heterocycles. The van der Waals surface area contributed by atoms with Crippen LogP contribution in [0.2, 0.25) is 0 Å². The molecule has 1 aromatic rings. The van der Waals surface area contributed by atoms with Crippen LogP contribution in [0.4, 0.5) is 0 Å². The molecule has 1 aromatic heterocycles.